The Morgan fingerprint density at radius 1 is 1.00 bits per heavy atom. The lowest BCUT2D eigenvalue weighted by atomic mass is 9.84. The molecule has 2 N–H and O–H groups in total. The van der Waals surface area contributed by atoms with E-state index in [2.05, 4.69) is 16.8 Å². The van der Waals surface area contributed by atoms with Crippen LogP contribution >= 0.6 is 0 Å². The molecular formula is C25H29F7N2O6. The van der Waals surface area contributed by atoms with E-state index < -0.39 is 24.3 Å². The lowest BCUT2D eigenvalue weighted by Crippen LogP contribution is -2.59. The molecule has 1 aromatic heterocycles. The zero-order chi connectivity index (χ0) is 30.1. The second-order valence-electron chi connectivity index (χ2n) is 9.23. The van der Waals surface area contributed by atoms with Gasteiger partial charge in [-0.3, -0.25) is 9.80 Å². The number of nitrogens with zero attached hydrogens (tertiary/aromatic N) is 2. The van der Waals surface area contributed by atoms with E-state index in [1.54, 1.807) is 18.4 Å². The number of furan rings is 1. The number of likely N-dealkylation sites (N-methyl/N-ethyl adjacent to an activating group) is 1. The molecule has 2 saturated heterocycles. The van der Waals surface area contributed by atoms with Gasteiger partial charge >= 0.3 is 24.3 Å². The monoisotopic (exact) mass is 586 g/mol. The molecule has 0 radical (unpaired) electrons. The Hall–Kier alpha value is -3.17. The van der Waals surface area contributed by atoms with Gasteiger partial charge in [0.1, 0.15) is 11.6 Å². The number of likely N-dealkylation sites (tertiary alicyclic amines) is 1. The number of piperidine rings is 1. The van der Waals surface area contributed by atoms with E-state index in [9.17, 15) is 30.7 Å². The summed E-state index contributed by atoms with van der Waals surface area (Å²) in [5.41, 5.74) is 1.16. The van der Waals surface area contributed by atoms with E-state index in [1.165, 1.54) is 6.42 Å². The molecule has 0 saturated carbocycles. The molecule has 0 aliphatic carbocycles. The maximum absolute atomic E-state index is 13.2. The van der Waals surface area contributed by atoms with Crippen LogP contribution in [0.2, 0.25) is 0 Å². The van der Waals surface area contributed by atoms with Crippen LogP contribution in [0.15, 0.2) is 47.1 Å². The van der Waals surface area contributed by atoms with Crippen molar-refractivity contribution in [1.82, 2.24) is 9.80 Å². The topological polar surface area (TPSA) is 103 Å². The molecular weight excluding hydrogens is 557 g/mol. The van der Waals surface area contributed by atoms with E-state index in [4.69, 9.17) is 29.0 Å². The smallest absolute Gasteiger partial charge is 0.475 e. The molecule has 8 nitrogen and oxygen atoms in total. The van der Waals surface area contributed by atoms with Gasteiger partial charge in [0.05, 0.1) is 18.9 Å². The van der Waals surface area contributed by atoms with E-state index in [0.29, 0.717) is 12.0 Å². The predicted molar refractivity (Wildman–Crippen MR) is 125 cm³/mol. The first kappa shape index (κ1) is 33.0. The fourth-order valence-electron chi connectivity index (χ4n) is 4.39. The summed E-state index contributed by atoms with van der Waals surface area (Å²) in [6.45, 7) is 4.51. The average Bonchev–Trinajstić information content (AvgIpc) is 3.37. The summed E-state index contributed by atoms with van der Waals surface area (Å²) in [5.74, 6) is -4.15. The Morgan fingerprint density at radius 3 is 2.08 bits per heavy atom. The SMILES string of the molecule is CN(Cc1ccco1)[C@@H]1CN(Cc2ccc(F)cc2)C[C@@H]2CCCO[C@@H]21.O=C(O)C(F)(F)F.O=C(O)C(F)(F)F. The second kappa shape index (κ2) is 14.5. The molecule has 2 fully saturated rings. The van der Waals surface area contributed by atoms with Gasteiger partial charge in [-0.05, 0) is 55.6 Å². The molecule has 3 atom stereocenters. The van der Waals surface area contributed by atoms with Crippen LogP contribution in [-0.2, 0) is 27.4 Å². The summed E-state index contributed by atoms with van der Waals surface area (Å²) >= 11 is 0. The van der Waals surface area contributed by atoms with Gasteiger partial charge in [-0.2, -0.15) is 26.3 Å². The van der Waals surface area contributed by atoms with Crippen LogP contribution in [0.3, 0.4) is 0 Å². The normalized spacial score (nSPS) is 21.4. The molecule has 0 bridgehead atoms. The van der Waals surface area contributed by atoms with Crippen molar-refractivity contribution >= 4 is 11.9 Å². The zero-order valence-electron chi connectivity index (χ0n) is 21.3. The number of carbonyl (C=O) groups is 2. The first-order valence-corrected chi connectivity index (χ1v) is 12.0. The first-order chi connectivity index (χ1) is 18.6. The van der Waals surface area contributed by atoms with Gasteiger partial charge in [-0.15, -0.1) is 0 Å². The summed E-state index contributed by atoms with van der Waals surface area (Å²) in [4.78, 5) is 22.6. The number of aliphatic carboxylic acids is 2. The van der Waals surface area contributed by atoms with Crippen molar-refractivity contribution in [3.8, 4) is 0 Å². The summed E-state index contributed by atoms with van der Waals surface area (Å²) < 4.78 is 88.4. The zero-order valence-corrected chi connectivity index (χ0v) is 21.3. The largest absolute Gasteiger partial charge is 0.490 e. The molecule has 2 aromatic rings. The van der Waals surface area contributed by atoms with Crippen molar-refractivity contribution < 1.29 is 59.7 Å². The Balaban J connectivity index is 0.000000333. The molecule has 40 heavy (non-hydrogen) atoms. The average molecular weight is 587 g/mol. The number of alkyl halides is 6. The number of halogens is 7. The summed E-state index contributed by atoms with van der Waals surface area (Å²) in [5, 5.41) is 14.2. The predicted octanol–water partition coefficient (Wildman–Crippen LogP) is 4.80. The molecule has 4 rings (SSSR count). The van der Waals surface area contributed by atoms with Crippen molar-refractivity contribution in [3.05, 3.63) is 59.8 Å². The molecule has 0 amide bonds. The van der Waals surface area contributed by atoms with Crippen LogP contribution in [0.1, 0.15) is 24.2 Å². The van der Waals surface area contributed by atoms with Crippen molar-refractivity contribution in [1.29, 1.82) is 0 Å². The molecule has 3 heterocycles. The lowest BCUT2D eigenvalue weighted by molar-refractivity contribution is -0.193. The Bertz CT molecular complexity index is 1040. The number of carboxylic acid groups (broad SMARTS) is 2. The number of hydrogen-bond acceptors (Lipinski definition) is 6. The molecule has 2 aliphatic rings. The van der Waals surface area contributed by atoms with Gasteiger partial charge in [-0.1, -0.05) is 12.1 Å². The lowest BCUT2D eigenvalue weighted by Gasteiger charge is -2.48. The first-order valence-electron chi connectivity index (χ1n) is 12.0. The fraction of sp³-hybridized carbons (Fsp3) is 0.520. The molecule has 1 aromatic carbocycles. The minimum Gasteiger partial charge on any atom is -0.475 e. The molecule has 0 spiro atoms. The minimum atomic E-state index is -5.08. The molecule has 224 valence electrons. The quantitative estimate of drug-likeness (QED) is 0.482. The van der Waals surface area contributed by atoms with Gasteiger partial charge in [0.25, 0.3) is 0 Å². The van der Waals surface area contributed by atoms with E-state index in [-0.39, 0.29) is 11.9 Å². The van der Waals surface area contributed by atoms with Gasteiger partial charge in [0.2, 0.25) is 0 Å². The summed E-state index contributed by atoms with van der Waals surface area (Å²) in [7, 11) is 2.16. The van der Waals surface area contributed by atoms with Crippen molar-refractivity contribution in [2.45, 2.75) is 50.4 Å². The number of ether oxygens (including phenoxy) is 1. The van der Waals surface area contributed by atoms with E-state index >= 15 is 0 Å². The number of hydrogen-bond donors (Lipinski definition) is 2. The standard InChI is InChI=1S/C21H27FN2O2.2C2HF3O2/c1-23(14-19-5-3-10-25-19)20-15-24(12-16-6-8-18(22)9-7-16)13-17-4-2-11-26-21(17)20;2*3-2(4,5)1(6)7/h3,5-10,17,20-21H,2,4,11-15H2,1H3;2*(H,6,7)/t17-,20+,21-;;/m0../s1. The van der Waals surface area contributed by atoms with Gasteiger partial charge < -0.3 is 19.4 Å². The fourth-order valence-corrected chi connectivity index (χ4v) is 4.39. The van der Waals surface area contributed by atoms with Crippen LogP contribution in [-0.4, -0.2) is 83.2 Å². The maximum Gasteiger partial charge on any atom is 0.490 e. The van der Waals surface area contributed by atoms with E-state index in [0.717, 1.165) is 50.5 Å². The third-order valence-electron chi connectivity index (χ3n) is 6.17. The summed E-state index contributed by atoms with van der Waals surface area (Å²) in [6.07, 6.45) is -5.80. The van der Waals surface area contributed by atoms with Crippen LogP contribution < -0.4 is 0 Å². The minimum absolute atomic E-state index is 0.177. The molecule has 0 unspecified atom stereocenters. The molecule has 15 heteroatoms. The number of carboxylic acids is 2. The van der Waals surface area contributed by atoms with Crippen molar-refractivity contribution in [2.75, 3.05) is 26.7 Å². The van der Waals surface area contributed by atoms with Crippen molar-refractivity contribution in [2.24, 2.45) is 5.92 Å². The third kappa shape index (κ3) is 10.8. The van der Waals surface area contributed by atoms with Gasteiger partial charge in [0.15, 0.2) is 0 Å². The number of fused-ring (bicyclic) bond motifs is 1. The summed E-state index contributed by atoms with van der Waals surface area (Å²) in [6, 6.07) is 11.2. The highest BCUT2D eigenvalue weighted by Gasteiger charge is 2.41. The maximum atomic E-state index is 13.2. The highest BCUT2D eigenvalue weighted by molar-refractivity contribution is 5.73. The molecule has 2 aliphatic heterocycles. The van der Waals surface area contributed by atoms with E-state index in [1.807, 2.05) is 24.3 Å². The van der Waals surface area contributed by atoms with Crippen LogP contribution in [0, 0.1) is 11.7 Å². The van der Waals surface area contributed by atoms with Crippen LogP contribution in [0.25, 0.3) is 0 Å². The Kier molecular flexibility index (Phi) is 11.9. The Morgan fingerprint density at radius 2 is 1.57 bits per heavy atom. The highest BCUT2D eigenvalue weighted by atomic mass is 19.4. The van der Waals surface area contributed by atoms with Crippen LogP contribution in [0.5, 0.6) is 0 Å². The second-order valence-corrected chi connectivity index (χ2v) is 9.23. The number of rotatable bonds is 5. The van der Waals surface area contributed by atoms with Crippen LogP contribution in [0.4, 0.5) is 30.7 Å². The van der Waals surface area contributed by atoms with Gasteiger partial charge in [-0.25, -0.2) is 14.0 Å². The van der Waals surface area contributed by atoms with Crippen molar-refractivity contribution in [3.63, 3.8) is 0 Å². The highest BCUT2D eigenvalue weighted by Crippen LogP contribution is 2.32. The Labute approximate surface area is 224 Å². The van der Waals surface area contributed by atoms with Gasteiger partial charge in [0, 0.05) is 32.3 Å². The number of benzene rings is 1. The third-order valence-corrected chi connectivity index (χ3v) is 6.17.